The van der Waals surface area contributed by atoms with Gasteiger partial charge >= 0.3 is 0 Å². The molecule has 2 aromatic rings. The Balaban J connectivity index is 2.58. The van der Waals surface area contributed by atoms with Crippen LogP contribution in [-0.2, 0) is 4.79 Å². The molecule has 1 aromatic carbocycles. The summed E-state index contributed by atoms with van der Waals surface area (Å²) in [6.07, 6.45) is 0. The summed E-state index contributed by atoms with van der Waals surface area (Å²) < 4.78 is 5.31. The topological polar surface area (TPSA) is 51.2 Å². The number of para-hydroxylation sites is 1. The number of carbonyl (C=O) groups is 1. The largest absolute Gasteiger partial charge is 0.494 e. The van der Waals surface area contributed by atoms with Crippen molar-refractivity contribution in [3.05, 3.63) is 30.0 Å². The molecule has 4 nitrogen and oxygen atoms in total. The Bertz CT molecular complexity index is 621. The smallest absolute Gasteiger partial charge is 0.226 e. The maximum Gasteiger partial charge on any atom is 0.226 e. The summed E-state index contributed by atoms with van der Waals surface area (Å²) in [6, 6.07) is 7.56. The van der Waals surface area contributed by atoms with Gasteiger partial charge in [-0.2, -0.15) is 0 Å². The number of benzene rings is 1. The van der Waals surface area contributed by atoms with Crippen molar-refractivity contribution in [1.29, 1.82) is 0 Å². The molecule has 0 saturated heterocycles. The van der Waals surface area contributed by atoms with E-state index in [1.165, 1.54) is 0 Å². The van der Waals surface area contributed by atoms with Crippen molar-refractivity contribution < 1.29 is 9.53 Å². The SMILES string of the molecule is COc1cccc2c(NC(=O)C(C)C)cc(C)nc12. The van der Waals surface area contributed by atoms with Crippen molar-refractivity contribution in [2.75, 3.05) is 12.4 Å². The number of anilines is 1. The average Bonchev–Trinajstić information content (AvgIpc) is 2.37. The number of pyridine rings is 1. The minimum absolute atomic E-state index is 0.00489. The summed E-state index contributed by atoms with van der Waals surface area (Å²) in [6.45, 7) is 5.63. The van der Waals surface area contributed by atoms with Crippen molar-refractivity contribution in [2.24, 2.45) is 5.92 Å². The molecule has 0 saturated carbocycles. The van der Waals surface area contributed by atoms with Crippen molar-refractivity contribution in [1.82, 2.24) is 4.98 Å². The van der Waals surface area contributed by atoms with Gasteiger partial charge in [0.2, 0.25) is 5.91 Å². The second-order valence-corrected chi connectivity index (χ2v) is 4.81. The molecule has 0 fully saturated rings. The number of carbonyl (C=O) groups excluding carboxylic acids is 1. The molecule has 100 valence electrons. The lowest BCUT2D eigenvalue weighted by molar-refractivity contribution is -0.118. The van der Waals surface area contributed by atoms with Crippen molar-refractivity contribution in [3.63, 3.8) is 0 Å². The number of amides is 1. The zero-order valence-electron chi connectivity index (χ0n) is 11.7. The number of hydrogen-bond acceptors (Lipinski definition) is 3. The average molecular weight is 258 g/mol. The standard InChI is InChI=1S/C15H18N2O2/c1-9(2)15(18)17-12-8-10(3)16-14-11(12)6-5-7-13(14)19-4/h5-9H,1-4H3,(H,16,17,18). The van der Waals surface area contributed by atoms with E-state index in [-0.39, 0.29) is 11.8 Å². The van der Waals surface area contributed by atoms with Gasteiger partial charge in [-0.15, -0.1) is 0 Å². The van der Waals surface area contributed by atoms with E-state index in [1.807, 2.05) is 45.0 Å². The van der Waals surface area contributed by atoms with Crippen LogP contribution in [0.15, 0.2) is 24.3 Å². The van der Waals surface area contributed by atoms with Crippen LogP contribution in [0.2, 0.25) is 0 Å². The monoisotopic (exact) mass is 258 g/mol. The Morgan fingerprint density at radius 2 is 2.11 bits per heavy atom. The number of methoxy groups -OCH3 is 1. The summed E-state index contributed by atoms with van der Waals surface area (Å²) >= 11 is 0. The van der Waals surface area contributed by atoms with Gasteiger partial charge in [0, 0.05) is 17.0 Å². The van der Waals surface area contributed by atoms with Gasteiger partial charge in [0.05, 0.1) is 12.8 Å². The fourth-order valence-corrected chi connectivity index (χ4v) is 1.90. The Hall–Kier alpha value is -2.10. The first-order chi connectivity index (χ1) is 9.02. The zero-order valence-corrected chi connectivity index (χ0v) is 11.7. The van der Waals surface area contributed by atoms with Crippen LogP contribution in [0, 0.1) is 12.8 Å². The third-order valence-electron chi connectivity index (χ3n) is 2.93. The minimum Gasteiger partial charge on any atom is -0.494 e. The number of rotatable bonds is 3. The summed E-state index contributed by atoms with van der Waals surface area (Å²) in [4.78, 5) is 16.3. The number of hydrogen-bond donors (Lipinski definition) is 1. The van der Waals surface area contributed by atoms with E-state index in [1.54, 1.807) is 7.11 Å². The van der Waals surface area contributed by atoms with Crippen LogP contribution in [0.1, 0.15) is 19.5 Å². The summed E-state index contributed by atoms with van der Waals surface area (Å²) in [5.74, 6) is 0.644. The van der Waals surface area contributed by atoms with Crippen LogP contribution in [0.25, 0.3) is 10.9 Å². The number of aromatic nitrogens is 1. The van der Waals surface area contributed by atoms with E-state index in [2.05, 4.69) is 10.3 Å². The first-order valence-corrected chi connectivity index (χ1v) is 6.28. The van der Waals surface area contributed by atoms with Crippen molar-refractivity contribution >= 4 is 22.5 Å². The summed E-state index contributed by atoms with van der Waals surface area (Å²) in [7, 11) is 1.62. The molecule has 4 heteroatoms. The van der Waals surface area contributed by atoms with E-state index in [4.69, 9.17) is 4.74 Å². The molecule has 1 N–H and O–H groups in total. The molecule has 0 atom stereocenters. The van der Waals surface area contributed by atoms with Crippen molar-refractivity contribution in [2.45, 2.75) is 20.8 Å². The van der Waals surface area contributed by atoms with Gasteiger partial charge in [0.25, 0.3) is 0 Å². The summed E-state index contributed by atoms with van der Waals surface area (Å²) in [5, 5.41) is 3.83. The molecule has 0 aliphatic rings. The number of nitrogens with zero attached hydrogens (tertiary/aromatic N) is 1. The highest BCUT2D eigenvalue weighted by Gasteiger charge is 2.12. The fourth-order valence-electron chi connectivity index (χ4n) is 1.90. The van der Waals surface area contributed by atoms with Gasteiger partial charge in [-0.25, -0.2) is 4.98 Å². The highest BCUT2D eigenvalue weighted by atomic mass is 16.5. The first kappa shape index (κ1) is 13.3. The van der Waals surface area contributed by atoms with Gasteiger partial charge in [0.15, 0.2) is 0 Å². The van der Waals surface area contributed by atoms with Gasteiger partial charge in [0.1, 0.15) is 11.3 Å². The van der Waals surface area contributed by atoms with E-state index < -0.39 is 0 Å². The first-order valence-electron chi connectivity index (χ1n) is 6.28. The fraction of sp³-hybridized carbons (Fsp3) is 0.333. The molecule has 0 aliphatic heterocycles. The maximum atomic E-state index is 11.9. The number of nitrogens with one attached hydrogen (secondary N) is 1. The predicted molar refractivity (Wildman–Crippen MR) is 76.5 cm³/mol. The van der Waals surface area contributed by atoms with E-state index in [9.17, 15) is 4.79 Å². The molecule has 0 radical (unpaired) electrons. The van der Waals surface area contributed by atoms with Gasteiger partial charge in [-0.1, -0.05) is 26.0 Å². The second kappa shape index (κ2) is 5.26. The van der Waals surface area contributed by atoms with Gasteiger partial charge < -0.3 is 10.1 Å². The lowest BCUT2D eigenvalue weighted by Gasteiger charge is -2.13. The van der Waals surface area contributed by atoms with E-state index >= 15 is 0 Å². The number of aryl methyl sites for hydroxylation is 1. The lowest BCUT2D eigenvalue weighted by Crippen LogP contribution is -2.18. The highest BCUT2D eigenvalue weighted by Crippen LogP contribution is 2.30. The van der Waals surface area contributed by atoms with E-state index in [0.717, 1.165) is 22.3 Å². The lowest BCUT2D eigenvalue weighted by atomic mass is 10.1. The number of fused-ring (bicyclic) bond motifs is 1. The van der Waals surface area contributed by atoms with Crippen LogP contribution in [0.4, 0.5) is 5.69 Å². The van der Waals surface area contributed by atoms with Crippen molar-refractivity contribution in [3.8, 4) is 5.75 Å². The molecule has 1 aromatic heterocycles. The Labute approximate surface area is 112 Å². The Morgan fingerprint density at radius 3 is 2.74 bits per heavy atom. The third kappa shape index (κ3) is 2.67. The molecule has 2 rings (SSSR count). The molecule has 1 heterocycles. The third-order valence-corrected chi connectivity index (χ3v) is 2.93. The normalized spacial score (nSPS) is 10.8. The zero-order chi connectivity index (χ0) is 14.0. The van der Waals surface area contributed by atoms with Crippen LogP contribution in [-0.4, -0.2) is 18.0 Å². The molecule has 19 heavy (non-hydrogen) atoms. The summed E-state index contributed by atoms with van der Waals surface area (Å²) in [5.41, 5.74) is 2.39. The molecule has 0 bridgehead atoms. The molecule has 0 unspecified atom stereocenters. The molecular formula is C15H18N2O2. The second-order valence-electron chi connectivity index (χ2n) is 4.81. The molecular weight excluding hydrogens is 240 g/mol. The minimum atomic E-state index is -0.0610. The van der Waals surface area contributed by atoms with Crippen LogP contribution in [0.5, 0.6) is 5.75 Å². The molecule has 1 amide bonds. The molecule has 0 aliphatic carbocycles. The van der Waals surface area contributed by atoms with Crippen LogP contribution in [0.3, 0.4) is 0 Å². The Morgan fingerprint density at radius 1 is 1.37 bits per heavy atom. The van der Waals surface area contributed by atoms with Gasteiger partial charge in [-0.05, 0) is 19.1 Å². The maximum absolute atomic E-state index is 11.9. The molecule has 0 spiro atoms. The van der Waals surface area contributed by atoms with Crippen LogP contribution < -0.4 is 10.1 Å². The van der Waals surface area contributed by atoms with Gasteiger partial charge in [-0.3, -0.25) is 4.79 Å². The Kier molecular flexibility index (Phi) is 3.69. The predicted octanol–water partition coefficient (Wildman–Crippen LogP) is 3.15. The quantitative estimate of drug-likeness (QED) is 0.920. The number of ether oxygens (including phenoxy) is 1. The van der Waals surface area contributed by atoms with E-state index in [0.29, 0.717) is 5.75 Å². The highest BCUT2D eigenvalue weighted by molar-refractivity contribution is 6.03. The van der Waals surface area contributed by atoms with Crippen LogP contribution >= 0.6 is 0 Å².